The summed E-state index contributed by atoms with van der Waals surface area (Å²) in [5.74, 6) is -1.54. The van der Waals surface area contributed by atoms with Crippen LogP contribution >= 0.6 is 11.6 Å². The van der Waals surface area contributed by atoms with Gasteiger partial charge in [-0.2, -0.15) is 0 Å². The molecule has 202 valence electrons. The fourth-order valence-electron chi connectivity index (χ4n) is 5.19. The van der Waals surface area contributed by atoms with Crippen molar-refractivity contribution in [2.24, 2.45) is 5.73 Å². The number of carbonyl (C=O) groups is 3. The number of nitrogens with two attached hydrogens (primary N) is 1. The molecule has 2 heterocycles. The first-order valence-corrected chi connectivity index (χ1v) is 12.9. The maximum atomic E-state index is 14.2. The largest absolute Gasteiger partial charge is 0.485 e. The lowest BCUT2D eigenvalue weighted by Gasteiger charge is -2.22. The highest BCUT2D eigenvalue weighted by molar-refractivity contribution is 6.31. The molecule has 1 amide bonds. The fraction of sp³-hybridized carbons (Fsp3) is 0.276. The van der Waals surface area contributed by atoms with Crippen molar-refractivity contribution >= 4 is 50.9 Å². The summed E-state index contributed by atoms with van der Waals surface area (Å²) in [6.07, 6.45) is 3.29. The molecule has 5 rings (SSSR count). The highest BCUT2D eigenvalue weighted by Crippen LogP contribution is 2.29. The molecule has 10 heteroatoms. The molecule has 8 nitrogen and oxygen atoms in total. The summed E-state index contributed by atoms with van der Waals surface area (Å²) < 4.78 is 26.7. The number of aromatic nitrogens is 1. The lowest BCUT2D eigenvalue weighted by Crippen LogP contribution is -2.38. The van der Waals surface area contributed by atoms with E-state index in [1.165, 1.54) is 19.2 Å². The predicted octanol–water partition coefficient (Wildman–Crippen LogP) is 4.59. The van der Waals surface area contributed by atoms with Gasteiger partial charge in [0.1, 0.15) is 17.6 Å². The van der Waals surface area contributed by atoms with Gasteiger partial charge >= 0.3 is 5.97 Å². The van der Waals surface area contributed by atoms with Crippen LogP contribution in [0.25, 0.3) is 21.7 Å². The second-order valence-corrected chi connectivity index (χ2v) is 9.97. The van der Waals surface area contributed by atoms with Gasteiger partial charge in [-0.25, -0.2) is 4.39 Å². The van der Waals surface area contributed by atoms with Crippen molar-refractivity contribution in [2.75, 3.05) is 26.8 Å². The van der Waals surface area contributed by atoms with Gasteiger partial charge in [-0.15, -0.1) is 0 Å². The molecule has 3 aromatic carbocycles. The van der Waals surface area contributed by atoms with Crippen LogP contribution in [0.4, 0.5) is 4.39 Å². The van der Waals surface area contributed by atoms with Crippen molar-refractivity contribution < 1.29 is 28.2 Å². The van der Waals surface area contributed by atoms with Crippen LogP contribution in [0.2, 0.25) is 5.02 Å². The zero-order valence-corrected chi connectivity index (χ0v) is 22.0. The van der Waals surface area contributed by atoms with Crippen molar-refractivity contribution in [2.45, 2.75) is 25.4 Å². The first kappa shape index (κ1) is 26.6. The molecule has 2 N–H and O–H groups in total. The number of fused-ring (bicyclic) bond motifs is 2. The van der Waals surface area contributed by atoms with Crippen molar-refractivity contribution in [3.05, 3.63) is 76.7 Å². The molecule has 1 saturated heterocycles. The van der Waals surface area contributed by atoms with E-state index >= 15 is 0 Å². The number of esters is 1. The van der Waals surface area contributed by atoms with Crippen LogP contribution in [0.3, 0.4) is 0 Å². The second kappa shape index (κ2) is 11.0. The third kappa shape index (κ3) is 5.46. The summed E-state index contributed by atoms with van der Waals surface area (Å²) in [7, 11) is 1.38. The number of hydrogen-bond acceptors (Lipinski definition) is 6. The third-order valence-corrected chi connectivity index (χ3v) is 7.37. The monoisotopic (exact) mass is 551 g/mol. The zero-order chi connectivity index (χ0) is 27.7. The second-order valence-electron chi connectivity index (χ2n) is 9.53. The maximum absolute atomic E-state index is 14.2. The normalized spacial score (nSPS) is 15.6. The van der Waals surface area contributed by atoms with E-state index in [-0.39, 0.29) is 35.7 Å². The Kier molecular flexibility index (Phi) is 7.54. The Morgan fingerprint density at radius 2 is 1.87 bits per heavy atom. The van der Waals surface area contributed by atoms with E-state index in [0.29, 0.717) is 40.0 Å². The maximum Gasteiger partial charge on any atom is 0.323 e. The van der Waals surface area contributed by atoms with Gasteiger partial charge in [0.05, 0.1) is 18.2 Å². The molecule has 0 saturated carbocycles. The Balaban J connectivity index is 1.38. The zero-order valence-electron chi connectivity index (χ0n) is 21.3. The number of carbonyl (C=O) groups excluding carboxylic acids is 3. The topological polar surface area (TPSA) is 104 Å². The van der Waals surface area contributed by atoms with Gasteiger partial charge in [0, 0.05) is 35.3 Å². The smallest absolute Gasteiger partial charge is 0.323 e. The average Bonchev–Trinajstić information content (AvgIpc) is 3.54. The van der Waals surface area contributed by atoms with Gasteiger partial charge in [-0.1, -0.05) is 17.7 Å². The lowest BCUT2D eigenvalue weighted by molar-refractivity contribution is -0.145. The van der Waals surface area contributed by atoms with Gasteiger partial charge < -0.3 is 19.8 Å². The van der Waals surface area contributed by atoms with Crippen LogP contribution < -0.4 is 10.5 Å². The lowest BCUT2D eigenvalue weighted by atomic mass is 10.1. The van der Waals surface area contributed by atoms with Crippen LogP contribution in [0.1, 0.15) is 33.6 Å². The highest BCUT2D eigenvalue weighted by Gasteiger charge is 2.31. The van der Waals surface area contributed by atoms with Crippen molar-refractivity contribution in [3.63, 3.8) is 0 Å². The first-order chi connectivity index (χ1) is 18.7. The molecule has 0 spiro atoms. The molecule has 0 aliphatic carbocycles. The minimum atomic E-state index is -0.696. The van der Waals surface area contributed by atoms with E-state index in [2.05, 4.69) is 0 Å². The molecule has 1 fully saturated rings. The number of Topliss-reactive ketones (excluding diaryl/α,β-unsaturated/α-hetero) is 1. The van der Waals surface area contributed by atoms with Crippen LogP contribution in [0.5, 0.6) is 5.75 Å². The predicted molar refractivity (Wildman–Crippen MR) is 146 cm³/mol. The number of likely N-dealkylation sites (tertiary alicyclic amines) is 1. The number of nitrogens with zero attached hydrogens (tertiary/aromatic N) is 2. The summed E-state index contributed by atoms with van der Waals surface area (Å²) in [5.41, 5.74) is 6.63. The molecule has 0 radical (unpaired) electrons. The molecule has 0 bridgehead atoms. The Labute approximate surface area is 229 Å². The van der Waals surface area contributed by atoms with E-state index < -0.39 is 11.7 Å². The molecular formula is C29H27ClFN3O5. The van der Waals surface area contributed by atoms with E-state index in [4.69, 9.17) is 26.8 Å². The Bertz CT molecular complexity index is 1600. The molecule has 1 aliphatic heterocycles. The summed E-state index contributed by atoms with van der Waals surface area (Å²) in [4.78, 5) is 39.6. The Morgan fingerprint density at radius 1 is 1.05 bits per heavy atom. The summed E-state index contributed by atoms with van der Waals surface area (Å²) in [6, 6.07) is 12.4. The number of ether oxygens (including phenoxy) is 2. The molecule has 1 aromatic heterocycles. The van der Waals surface area contributed by atoms with E-state index in [0.717, 1.165) is 24.8 Å². The quantitative estimate of drug-likeness (QED) is 0.241. The van der Waals surface area contributed by atoms with Gasteiger partial charge in [-0.3, -0.25) is 19.3 Å². The van der Waals surface area contributed by atoms with Crippen LogP contribution in [0, 0.1) is 5.82 Å². The van der Waals surface area contributed by atoms with Gasteiger partial charge in [0.15, 0.2) is 6.61 Å². The minimum absolute atomic E-state index is 0.132. The van der Waals surface area contributed by atoms with Crippen LogP contribution in [0.15, 0.2) is 54.7 Å². The van der Waals surface area contributed by atoms with Crippen molar-refractivity contribution in [1.29, 1.82) is 0 Å². The van der Waals surface area contributed by atoms with Crippen LogP contribution in [-0.4, -0.2) is 60.0 Å². The number of amides is 1. The van der Waals surface area contributed by atoms with Crippen LogP contribution in [-0.2, 0) is 16.1 Å². The number of benzene rings is 3. The number of hydrogen-bond donors (Lipinski definition) is 1. The summed E-state index contributed by atoms with van der Waals surface area (Å²) in [6.45, 7) is 1.38. The number of rotatable bonds is 9. The van der Waals surface area contributed by atoms with Crippen molar-refractivity contribution in [1.82, 2.24) is 9.47 Å². The highest BCUT2D eigenvalue weighted by atomic mass is 35.5. The van der Waals surface area contributed by atoms with Crippen molar-refractivity contribution in [3.8, 4) is 5.75 Å². The van der Waals surface area contributed by atoms with E-state index in [1.807, 2.05) is 9.47 Å². The summed E-state index contributed by atoms with van der Waals surface area (Å²) >= 11 is 6.07. The molecule has 1 atom stereocenters. The third-order valence-electron chi connectivity index (χ3n) is 7.13. The minimum Gasteiger partial charge on any atom is -0.485 e. The van der Waals surface area contributed by atoms with E-state index in [1.54, 1.807) is 42.6 Å². The number of ketones is 1. The first-order valence-electron chi connectivity index (χ1n) is 12.5. The molecule has 0 unspecified atom stereocenters. The SMILES string of the molecule is COC(=O)[C@@H]1CCCN1CCn1cc(C(=O)COc2cc3ccc(Cl)cc3cc2C(N)=O)c2ccc(F)cc21. The Hall–Kier alpha value is -3.95. The van der Waals surface area contributed by atoms with Gasteiger partial charge in [-0.05, 0) is 72.6 Å². The van der Waals surface area contributed by atoms with E-state index in [9.17, 15) is 18.8 Å². The molecular weight excluding hydrogens is 525 g/mol. The fourth-order valence-corrected chi connectivity index (χ4v) is 5.37. The average molecular weight is 552 g/mol. The standard InChI is InChI=1S/C29H27ClFN3O5/c1-38-29(37)24-3-2-8-33(24)9-10-34-15-23(21-7-6-20(31)14-25(21)34)26(35)16-39-27-13-17-4-5-19(30)11-18(17)12-22(27)28(32)36/h4-7,11-15,24H,2-3,8-10,16H2,1H3,(H2,32,36)/t24-/m0/s1. The summed E-state index contributed by atoms with van der Waals surface area (Å²) in [5, 5.41) is 2.58. The number of halogens is 2. The number of primary amides is 1. The Morgan fingerprint density at radius 3 is 2.64 bits per heavy atom. The van der Waals surface area contributed by atoms with Gasteiger partial charge in [0.2, 0.25) is 5.78 Å². The molecule has 39 heavy (non-hydrogen) atoms. The van der Waals surface area contributed by atoms with Gasteiger partial charge in [0.25, 0.3) is 5.91 Å². The molecule has 1 aliphatic rings. The molecule has 4 aromatic rings. The number of methoxy groups -OCH3 is 1.